The van der Waals surface area contributed by atoms with Crippen molar-refractivity contribution in [2.24, 2.45) is 0 Å². The SMILES string of the molecule is COc1ccc(C)cc1N(CC(=O)N(Cc1c(Cl)cccc1Cl)[C@@H](Cc1ccccc1)C(=O)NC1CCCC1)S(=O)(=O)c1ccc(C)cc1. The molecule has 0 aliphatic heterocycles. The van der Waals surface area contributed by atoms with E-state index in [9.17, 15) is 18.0 Å². The number of hydrogen-bond acceptors (Lipinski definition) is 5. The van der Waals surface area contributed by atoms with Gasteiger partial charge in [0.15, 0.2) is 0 Å². The zero-order chi connectivity index (χ0) is 35.1. The van der Waals surface area contributed by atoms with Crippen LogP contribution in [0.3, 0.4) is 0 Å². The van der Waals surface area contributed by atoms with Crippen LogP contribution in [0.4, 0.5) is 5.69 Å². The molecular weight excluding hydrogens is 681 g/mol. The molecule has 1 N–H and O–H groups in total. The number of ether oxygens (including phenoxy) is 1. The van der Waals surface area contributed by atoms with Crippen LogP contribution in [0.2, 0.25) is 10.0 Å². The van der Waals surface area contributed by atoms with Crippen LogP contribution < -0.4 is 14.4 Å². The predicted molar refractivity (Wildman–Crippen MR) is 195 cm³/mol. The molecule has 1 aliphatic carbocycles. The fourth-order valence-electron chi connectivity index (χ4n) is 6.12. The summed E-state index contributed by atoms with van der Waals surface area (Å²) in [5, 5.41) is 3.82. The number of sulfonamides is 1. The van der Waals surface area contributed by atoms with Crippen molar-refractivity contribution < 1.29 is 22.7 Å². The summed E-state index contributed by atoms with van der Waals surface area (Å²) in [5.41, 5.74) is 3.13. The average Bonchev–Trinajstić information content (AvgIpc) is 3.60. The highest BCUT2D eigenvalue weighted by molar-refractivity contribution is 7.92. The molecule has 0 saturated heterocycles. The Bertz CT molecular complexity index is 1860. The number of benzene rings is 4. The van der Waals surface area contributed by atoms with Crippen LogP contribution in [-0.4, -0.2) is 50.9 Å². The van der Waals surface area contributed by atoms with Crippen LogP contribution in [0.25, 0.3) is 0 Å². The molecule has 11 heteroatoms. The minimum Gasteiger partial charge on any atom is -0.495 e. The highest BCUT2D eigenvalue weighted by Gasteiger charge is 2.37. The van der Waals surface area contributed by atoms with Gasteiger partial charge in [0.2, 0.25) is 11.8 Å². The average molecular weight is 723 g/mol. The summed E-state index contributed by atoms with van der Waals surface area (Å²) in [7, 11) is -2.86. The first-order valence-electron chi connectivity index (χ1n) is 16.3. The molecule has 0 radical (unpaired) electrons. The van der Waals surface area contributed by atoms with Gasteiger partial charge in [-0.05, 0) is 74.2 Å². The maximum Gasteiger partial charge on any atom is 0.264 e. The number of halogens is 2. The van der Waals surface area contributed by atoms with Crippen LogP contribution in [0, 0.1) is 13.8 Å². The summed E-state index contributed by atoms with van der Waals surface area (Å²) in [5.74, 6) is -0.666. The molecule has 4 aromatic carbocycles. The van der Waals surface area contributed by atoms with Crippen molar-refractivity contribution in [2.45, 2.75) is 69.5 Å². The van der Waals surface area contributed by atoms with E-state index in [1.807, 2.05) is 44.2 Å². The molecule has 1 aliphatic rings. The van der Waals surface area contributed by atoms with Gasteiger partial charge in [-0.25, -0.2) is 8.42 Å². The van der Waals surface area contributed by atoms with Gasteiger partial charge in [0.05, 0.1) is 17.7 Å². The van der Waals surface area contributed by atoms with E-state index in [0.29, 0.717) is 15.6 Å². The summed E-state index contributed by atoms with van der Waals surface area (Å²) in [6, 6.07) is 25.0. The number of hydrogen-bond donors (Lipinski definition) is 1. The van der Waals surface area contributed by atoms with Gasteiger partial charge >= 0.3 is 0 Å². The van der Waals surface area contributed by atoms with Crippen LogP contribution >= 0.6 is 23.2 Å². The van der Waals surface area contributed by atoms with Crippen molar-refractivity contribution in [1.29, 1.82) is 0 Å². The second-order valence-electron chi connectivity index (χ2n) is 12.4. The van der Waals surface area contributed by atoms with Gasteiger partial charge in [-0.2, -0.15) is 0 Å². The van der Waals surface area contributed by atoms with E-state index in [2.05, 4.69) is 5.32 Å². The van der Waals surface area contributed by atoms with Crippen LogP contribution in [0.5, 0.6) is 5.75 Å². The molecule has 0 heterocycles. The van der Waals surface area contributed by atoms with E-state index in [1.54, 1.807) is 48.5 Å². The Labute approximate surface area is 299 Å². The summed E-state index contributed by atoms with van der Waals surface area (Å²) in [6.07, 6.45) is 3.91. The zero-order valence-electron chi connectivity index (χ0n) is 27.9. The first kappa shape index (κ1) is 36.2. The topological polar surface area (TPSA) is 96.0 Å². The summed E-state index contributed by atoms with van der Waals surface area (Å²) >= 11 is 13.3. The van der Waals surface area contributed by atoms with Gasteiger partial charge in [-0.15, -0.1) is 0 Å². The van der Waals surface area contributed by atoms with Crippen LogP contribution in [0.15, 0.2) is 95.9 Å². The number of amides is 2. The second-order valence-corrected chi connectivity index (χ2v) is 15.1. The van der Waals surface area contributed by atoms with E-state index in [0.717, 1.165) is 46.7 Å². The molecule has 258 valence electrons. The number of methoxy groups -OCH3 is 1. The number of aryl methyl sites for hydroxylation is 2. The van der Waals surface area contributed by atoms with Crippen molar-refractivity contribution in [2.75, 3.05) is 18.0 Å². The third kappa shape index (κ3) is 8.76. The van der Waals surface area contributed by atoms with Gasteiger partial charge in [0.1, 0.15) is 18.3 Å². The molecule has 49 heavy (non-hydrogen) atoms. The van der Waals surface area contributed by atoms with E-state index in [1.165, 1.54) is 24.1 Å². The summed E-state index contributed by atoms with van der Waals surface area (Å²) < 4.78 is 35.6. The lowest BCUT2D eigenvalue weighted by atomic mass is 10.0. The zero-order valence-corrected chi connectivity index (χ0v) is 30.2. The van der Waals surface area contributed by atoms with E-state index < -0.39 is 28.5 Å². The number of nitrogens with zero attached hydrogens (tertiary/aromatic N) is 2. The summed E-state index contributed by atoms with van der Waals surface area (Å²) in [4.78, 5) is 30.5. The van der Waals surface area contributed by atoms with E-state index in [4.69, 9.17) is 27.9 Å². The molecule has 1 fully saturated rings. The number of nitrogens with one attached hydrogen (secondary N) is 1. The molecule has 0 spiro atoms. The maximum absolute atomic E-state index is 14.9. The fourth-order valence-corrected chi connectivity index (χ4v) is 8.05. The Kier molecular flexibility index (Phi) is 11.9. The number of rotatable bonds is 13. The Balaban J connectivity index is 1.63. The minimum atomic E-state index is -4.31. The molecule has 4 aromatic rings. The monoisotopic (exact) mass is 721 g/mol. The molecule has 2 amide bonds. The lowest BCUT2D eigenvalue weighted by Crippen LogP contribution is -2.54. The lowest BCUT2D eigenvalue weighted by molar-refractivity contribution is -0.140. The number of carbonyl (C=O) groups excluding carboxylic acids is 2. The standard InChI is InChI=1S/C38H41Cl2N3O5S/c1-26-16-19-30(20-17-26)49(46,47)43(34-22-27(2)18-21-36(34)48-3)25-37(44)42(24-31-32(39)14-9-15-33(31)40)35(23-28-10-5-4-6-11-28)38(45)41-29-12-7-8-13-29/h4-6,9-11,14-22,29,35H,7-8,12-13,23-25H2,1-3H3,(H,41,45)/t35-/m0/s1. The molecule has 8 nitrogen and oxygen atoms in total. The third-order valence-corrected chi connectivity index (χ3v) is 11.3. The van der Waals surface area contributed by atoms with Crippen molar-refractivity contribution >= 4 is 50.7 Å². The molecule has 0 bridgehead atoms. The molecule has 1 saturated carbocycles. The van der Waals surface area contributed by atoms with E-state index in [-0.39, 0.29) is 41.2 Å². The largest absolute Gasteiger partial charge is 0.495 e. The maximum atomic E-state index is 14.9. The lowest BCUT2D eigenvalue weighted by Gasteiger charge is -2.35. The Morgan fingerprint density at radius 3 is 2.14 bits per heavy atom. The number of carbonyl (C=O) groups is 2. The molecule has 5 rings (SSSR count). The van der Waals surface area contributed by atoms with Crippen molar-refractivity contribution in [1.82, 2.24) is 10.2 Å². The van der Waals surface area contributed by atoms with Gasteiger partial charge in [0.25, 0.3) is 10.0 Å². The van der Waals surface area contributed by atoms with Gasteiger partial charge in [-0.3, -0.25) is 13.9 Å². The Morgan fingerprint density at radius 2 is 1.51 bits per heavy atom. The fraction of sp³-hybridized carbons (Fsp3) is 0.316. The van der Waals surface area contributed by atoms with Crippen molar-refractivity contribution in [3.8, 4) is 5.75 Å². The van der Waals surface area contributed by atoms with Gasteiger partial charge < -0.3 is 15.0 Å². The Hall–Kier alpha value is -4.05. The first-order valence-corrected chi connectivity index (χ1v) is 18.5. The van der Waals surface area contributed by atoms with Gasteiger partial charge in [0, 0.05) is 34.6 Å². The highest BCUT2D eigenvalue weighted by Crippen LogP contribution is 2.34. The number of anilines is 1. The minimum absolute atomic E-state index is 0.00923. The quantitative estimate of drug-likeness (QED) is 0.154. The van der Waals surface area contributed by atoms with Crippen LogP contribution in [-0.2, 0) is 32.6 Å². The van der Waals surface area contributed by atoms with E-state index >= 15 is 0 Å². The highest BCUT2D eigenvalue weighted by atomic mass is 35.5. The molecule has 0 unspecified atom stereocenters. The first-order chi connectivity index (χ1) is 23.5. The van der Waals surface area contributed by atoms with Crippen molar-refractivity contribution in [3.05, 3.63) is 123 Å². The molecule has 1 atom stereocenters. The predicted octanol–water partition coefficient (Wildman–Crippen LogP) is 7.51. The van der Waals surface area contributed by atoms with Crippen LogP contribution in [0.1, 0.15) is 47.9 Å². The smallest absolute Gasteiger partial charge is 0.264 e. The molecule has 0 aromatic heterocycles. The second kappa shape index (κ2) is 16.1. The normalized spacial score (nSPS) is 13.9. The molecular formula is C38H41Cl2N3O5S. The summed E-state index contributed by atoms with van der Waals surface area (Å²) in [6.45, 7) is 2.94. The van der Waals surface area contributed by atoms with Crippen molar-refractivity contribution in [3.63, 3.8) is 0 Å². The Morgan fingerprint density at radius 1 is 0.878 bits per heavy atom. The van der Waals surface area contributed by atoms with Gasteiger partial charge in [-0.1, -0.05) is 96.2 Å². The third-order valence-electron chi connectivity index (χ3n) is 8.85.